The molecule has 0 saturated heterocycles. The Morgan fingerprint density at radius 3 is 2.53 bits per heavy atom. The lowest BCUT2D eigenvalue weighted by atomic mass is 9.99. The maximum Gasteiger partial charge on any atom is 0.308 e. The highest BCUT2D eigenvalue weighted by Crippen LogP contribution is 2.44. The highest BCUT2D eigenvalue weighted by Gasteiger charge is 2.22. The third-order valence-electron chi connectivity index (χ3n) is 5.19. The van der Waals surface area contributed by atoms with Crippen LogP contribution in [0.25, 0.3) is 11.1 Å². The molecule has 0 saturated carbocycles. The molecular weight excluding hydrogens is 386 g/mol. The molecule has 1 amide bonds. The lowest BCUT2D eigenvalue weighted by molar-refractivity contribution is -0.148. The zero-order valence-electron chi connectivity index (χ0n) is 17.7. The van der Waals surface area contributed by atoms with Crippen molar-refractivity contribution in [1.29, 1.82) is 0 Å². The van der Waals surface area contributed by atoms with Gasteiger partial charge in [0.2, 0.25) is 5.75 Å². The summed E-state index contributed by atoms with van der Waals surface area (Å²) in [7, 11) is 3.10. The van der Waals surface area contributed by atoms with Gasteiger partial charge in [0.15, 0.2) is 11.5 Å². The largest absolute Gasteiger partial charge is 0.493 e. The van der Waals surface area contributed by atoms with Crippen LogP contribution in [-0.2, 0) is 16.1 Å². The second kappa shape index (κ2) is 9.52. The topological polar surface area (TPSA) is 83.1 Å². The first-order chi connectivity index (χ1) is 14.5. The number of rotatable bonds is 9. The third-order valence-corrected chi connectivity index (χ3v) is 5.19. The molecule has 160 valence electrons. The summed E-state index contributed by atoms with van der Waals surface area (Å²) in [4.78, 5) is 23.7. The van der Waals surface area contributed by atoms with E-state index in [2.05, 4.69) is 5.32 Å². The molecule has 1 heterocycles. The zero-order chi connectivity index (χ0) is 21.7. The number of hydrogen-bond donors (Lipinski definition) is 1. The summed E-state index contributed by atoms with van der Waals surface area (Å²) in [5.74, 6) is 1.03. The van der Waals surface area contributed by atoms with Gasteiger partial charge >= 0.3 is 5.97 Å². The van der Waals surface area contributed by atoms with Crippen molar-refractivity contribution in [2.45, 2.75) is 26.8 Å². The number of amides is 1. The molecule has 0 fully saturated rings. The summed E-state index contributed by atoms with van der Waals surface area (Å²) < 4.78 is 22.2. The second-order valence-electron chi connectivity index (χ2n) is 7.06. The summed E-state index contributed by atoms with van der Waals surface area (Å²) >= 11 is 0. The Labute approximate surface area is 176 Å². The van der Waals surface area contributed by atoms with Gasteiger partial charge in [-0.05, 0) is 41.8 Å². The van der Waals surface area contributed by atoms with E-state index in [4.69, 9.17) is 18.9 Å². The summed E-state index contributed by atoms with van der Waals surface area (Å²) in [5.41, 5.74) is 3.29. The Balaban J connectivity index is 1.87. The Morgan fingerprint density at radius 1 is 1.07 bits per heavy atom. The summed E-state index contributed by atoms with van der Waals surface area (Å²) in [5, 5.41) is 2.82. The van der Waals surface area contributed by atoms with Crippen LogP contribution in [0.2, 0.25) is 0 Å². The lowest BCUT2D eigenvalue weighted by Crippen LogP contribution is -2.18. The van der Waals surface area contributed by atoms with Gasteiger partial charge in [-0.1, -0.05) is 19.9 Å². The van der Waals surface area contributed by atoms with E-state index in [1.54, 1.807) is 26.4 Å². The smallest absolute Gasteiger partial charge is 0.308 e. The van der Waals surface area contributed by atoms with Gasteiger partial charge in [-0.25, -0.2) is 0 Å². The maximum absolute atomic E-state index is 11.9. The van der Waals surface area contributed by atoms with Gasteiger partial charge in [-0.15, -0.1) is 0 Å². The van der Waals surface area contributed by atoms with Crippen molar-refractivity contribution in [2.24, 2.45) is 5.92 Å². The molecule has 0 spiro atoms. The molecule has 1 aliphatic rings. The molecule has 2 aromatic rings. The quantitative estimate of drug-likeness (QED) is 0.500. The third kappa shape index (κ3) is 4.35. The van der Waals surface area contributed by atoms with Gasteiger partial charge < -0.3 is 24.3 Å². The minimum atomic E-state index is -0.241. The molecule has 3 rings (SSSR count). The molecule has 1 aliphatic heterocycles. The molecule has 0 radical (unpaired) electrons. The molecule has 1 N–H and O–H groups in total. The van der Waals surface area contributed by atoms with E-state index in [9.17, 15) is 9.59 Å². The Kier molecular flexibility index (Phi) is 6.82. The minimum Gasteiger partial charge on any atom is -0.493 e. The molecule has 0 bridgehead atoms. The summed E-state index contributed by atoms with van der Waals surface area (Å²) in [6, 6.07) is 9.33. The van der Waals surface area contributed by atoms with Gasteiger partial charge in [0.1, 0.15) is 13.2 Å². The molecule has 1 unspecified atom stereocenters. The van der Waals surface area contributed by atoms with Crippen LogP contribution in [0.5, 0.6) is 17.2 Å². The number of benzene rings is 2. The van der Waals surface area contributed by atoms with Crippen molar-refractivity contribution in [3.8, 4) is 28.4 Å². The first kappa shape index (κ1) is 21.5. The molecule has 0 aromatic heterocycles. The van der Waals surface area contributed by atoms with Gasteiger partial charge in [0.05, 0.1) is 20.1 Å². The van der Waals surface area contributed by atoms with E-state index in [1.165, 1.54) is 0 Å². The van der Waals surface area contributed by atoms with Crippen molar-refractivity contribution >= 4 is 11.9 Å². The second-order valence-corrected chi connectivity index (χ2v) is 7.06. The Bertz CT molecular complexity index is 940. The monoisotopic (exact) mass is 413 g/mol. The number of methoxy groups -OCH3 is 2. The van der Waals surface area contributed by atoms with Crippen molar-refractivity contribution < 1.29 is 28.5 Å². The van der Waals surface area contributed by atoms with E-state index in [0.29, 0.717) is 29.4 Å². The van der Waals surface area contributed by atoms with E-state index >= 15 is 0 Å². The van der Waals surface area contributed by atoms with Crippen LogP contribution < -0.4 is 19.5 Å². The minimum absolute atomic E-state index is 0.0662. The van der Waals surface area contributed by atoms with Crippen LogP contribution in [0.4, 0.5) is 0 Å². The van der Waals surface area contributed by atoms with Gasteiger partial charge in [-0.3, -0.25) is 9.59 Å². The van der Waals surface area contributed by atoms with E-state index in [0.717, 1.165) is 23.1 Å². The fourth-order valence-corrected chi connectivity index (χ4v) is 3.26. The van der Waals surface area contributed by atoms with E-state index < -0.39 is 0 Å². The number of esters is 1. The number of carbonyl (C=O) groups is 2. The Morgan fingerprint density at radius 2 is 1.83 bits per heavy atom. The van der Waals surface area contributed by atoms with Crippen molar-refractivity contribution in [1.82, 2.24) is 5.32 Å². The molecular formula is C23H27NO6. The predicted octanol–water partition coefficient (Wildman–Crippen LogP) is 3.58. The molecule has 1 atom stereocenters. The number of carbonyl (C=O) groups excluding carboxylic acids is 2. The van der Waals surface area contributed by atoms with Crippen molar-refractivity contribution in [3.63, 3.8) is 0 Å². The lowest BCUT2D eigenvalue weighted by Gasteiger charge is -2.18. The molecule has 30 heavy (non-hydrogen) atoms. The first-order valence-electron chi connectivity index (χ1n) is 9.96. The number of nitrogens with one attached hydrogen (secondary N) is 1. The van der Waals surface area contributed by atoms with Crippen molar-refractivity contribution in [3.05, 3.63) is 41.5 Å². The Hall–Kier alpha value is -3.22. The standard InChI is InChI=1S/C23H27NO6/c1-5-14(2)23(26)30-11-10-29-20-17(8-9-19(27-3)21(20)28-4)15-6-7-18-16(12-15)13-24-22(18)25/h6-9,12,14H,5,10-11,13H2,1-4H3,(H,24,25). The van der Waals surface area contributed by atoms with Crippen LogP contribution in [0.15, 0.2) is 30.3 Å². The number of ether oxygens (including phenoxy) is 4. The van der Waals surface area contributed by atoms with Gasteiger partial charge in [-0.2, -0.15) is 0 Å². The molecule has 2 aromatic carbocycles. The average Bonchev–Trinajstić information content (AvgIpc) is 3.15. The van der Waals surface area contributed by atoms with E-state index in [1.807, 2.05) is 32.0 Å². The predicted molar refractivity (Wildman–Crippen MR) is 112 cm³/mol. The highest BCUT2D eigenvalue weighted by molar-refractivity contribution is 5.99. The fraction of sp³-hybridized carbons (Fsp3) is 0.391. The van der Waals surface area contributed by atoms with Crippen LogP contribution in [0.1, 0.15) is 36.2 Å². The number of fused-ring (bicyclic) bond motifs is 1. The molecule has 7 heteroatoms. The zero-order valence-corrected chi connectivity index (χ0v) is 17.7. The highest BCUT2D eigenvalue weighted by atomic mass is 16.6. The van der Waals surface area contributed by atoms with Crippen molar-refractivity contribution in [2.75, 3.05) is 27.4 Å². The normalized spacial score (nSPS) is 13.3. The van der Waals surface area contributed by atoms with Crippen LogP contribution >= 0.6 is 0 Å². The van der Waals surface area contributed by atoms with Gasteiger partial charge in [0, 0.05) is 17.7 Å². The van der Waals surface area contributed by atoms with Gasteiger partial charge in [0.25, 0.3) is 5.91 Å². The van der Waals surface area contributed by atoms with Crippen LogP contribution in [0, 0.1) is 5.92 Å². The molecule has 7 nitrogen and oxygen atoms in total. The summed E-state index contributed by atoms with van der Waals surface area (Å²) in [6.07, 6.45) is 0.725. The molecule has 0 aliphatic carbocycles. The summed E-state index contributed by atoms with van der Waals surface area (Å²) in [6.45, 7) is 4.57. The maximum atomic E-state index is 11.9. The fourth-order valence-electron chi connectivity index (χ4n) is 3.26. The van der Waals surface area contributed by atoms with Crippen LogP contribution in [0.3, 0.4) is 0 Å². The SMILES string of the molecule is CCC(C)C(=O)OCCOc1c(-c2ccc3c(c2)CNC3=O)ccc(OC)c1OC. The number of hydrogen-bond acceptors (Lipinski definition) is 6. The van der Waals surface area contributed by atoms with E-state index in [-0.39, 0.29) is 31.0 Å². The average molecular weight is 413 g/mol. The first-order valence-corrected chi connectivity index (χ1v) is 9.96. The van der Waals surface area contributed by atoms with Crippen LogP contribution in [-0.4, -0.2) is 39.3 Å².